The van der Waals surface area contributed by atoms with Gasteiger partial charge in [-0.05, 0) is 45.8 Å². The van der Waals surface area contributed by atoms with Gasteiger partial charge in [-0.2, -0.15) is 0 Å². The maximum Gasteiger partial charge on any atom is 0.202 e. The summed E-state index contributed by atoms with van der Waals surface area (Å²) in [5, 5.41) is 0.240. The van der Waals surface area contributed by atoms with E-state index in [2.05, 4.69) is 15.9 Å². The lowest BCUT2D eigenvalue weighted by atomic mass is 10.1. The molecule has 0 aliphatic rings. The molecule has 1 aromatic heterocycles. The van der Waals surface area contributed by atoms with Crippen molar-refractivity contribution < 1.29 is 13.6 Å². The molecule has 88 valence electrons. The summed E-state index contributed by atoms with van der Waals surface area (Å²) in [6.45, 7) is 0. The van der Waals surface area contributed by atoms with Gasteiger partial charge in [0.25, 0.3) is 0 Å². The van der Waals surface area contributed by atoms with Crippen LogP contribution in [0.5, 0.6) is 0 Å². The van der Waals surface area contributed by atoms with Crippen molar-refractivity contribution in [2.75, 3.05) is 0 Å². The summed E-state index contributed by atoms with van der Waals surface area (Å²) in [6.07, 6.45) is 0.0824. The molecule has 0 bridgehead atoms. The first-order valence-corrected chi connectivity index (χ1v) is 5.96. The van der Waals surface area contributed by atoms with Gasteiger partial charge in [-0.25, -0.2) is 4.39 Å². The van der Waals surface area contributed by atoms with Crippen LogP contribution >= 0.6 is 27.5 Å². The zero-order valence-electron chi connectivity index (χ0n) is 8.54. The smallest absolute Gasteiger partial charge is 0.202 e. The molecule has 2 nitrogen and oxygen atoms in total. The maximum absolute atomic E-state index is 12.8. The first kappa shape index (κ1) is 12.3. The Morgan fingerprint density at radius 1 is 1.35 bits per heavy atom. The van der Waals surface area contributed by atoms with Crippen LogP contribution in [0.2, 0.25) is 5.02 Å². The van der Waals surface area contributed by atoms with Crippen LogP contribution in [0.15, 0.2) is 39.4 Å². The predicted octanol–water partition coefficient (Wildman–Crippen LogP) is 4.26. The lowest BCUT2D eigenvalue weighted by molar-refractivity contribution is 0.0965. The predicted molar refractivity (Wildman–Crippen MR) is 65.9 cm³/mol. The standard InChI is InChI=1S/C12H7BrClFO2/c13-12-4-3-11(17-12)10(16)5-7-1-2-8(15)6-9(7)14/h1-4,6H,5H2. The van der Waals surface area contributed by atoms with E-state index >= 15 is 0 Å². The Kier molecular flexibility index (Phi) is 3.64. The summed E-state index contributed by atoms with van der Waals surface area (Å²) in [6, 6.07) is 7.16. The third kappa shape index (κ3) is 2.96. The summed E-state index contributed by atoms with van der Waals surface area (Å²) >= 11 is 8.95. The van der Waals surface area contributed by atoms with E-state index in [0.29, 0.717) is 10.2 Å². The normalized spacial score (nSPS) is 10.5. The molecule has 0 aliphatic heterocycles. The minimum Gasteiger partial charge on any atom is -0.446 e. The summed E-state index contributed by atoms with van der Waals surface area (Å²) < 4.78 is 18.4. The zero-order valence-corrected chi connectivity index (χ0v) is 10.9. The van der Waals surface area contributed by atoms with Gasteiger partial charge in [-0.1, -0.05) is 17.7 Å². The number of carbonyl (C=O) groups excluding carboxylic acids is 1. The van der Waals surface area contributed by atoms with Crippen molar-refractivity contribution >= 4 is 33.3 Å². The SMILES string of the molecule is O=C(Cc1ccc(F)cc1Cl)c1ccc(Br)o1. The average Bonchev–Trinajstić information content (AvgIpc) is 2.69. The van der Waals surface area contributed by atoms with Crippen molar-refractivity contribution in [3.8, 4) is 0 Å². The first-order valence-electron chi connectivity index (χ1n) is 4.79. The molecule has 0 radical (unpaired) electrons. The molecule has 0 fully saturated rings. The quantitative estimate of drug-likeness (QED) is 0.792. The number of hydrogen-bond donors (Lipinski definition) is 0. The Morgan fingerprint density at radius 2 is 2.12 bits per heavy atom. The van der Waals surface area contributed by atoms with E-state index in [-0.39, 0.29) is 23.0 Å². The van der Waals surface area contributed by atoms with Gasteiger partial charge in [-0.3, -0.25) is 4.79 Å². The molecule has 0 saturated heterocycles. The molecule has 0 saturated carbocycles. The van der Waals surface area contributed by atoms with Crippen LogP contribution in [0.3, 0.4) is 0 Å². The third-order valence-electron chi connectivity index (χ3n) is 2.21. The molecule has 5 heteroatoms. The Balaban J connectivity index is 2.18. The summed E-state index contributed by atoms with van der Waals surface area (Å²) in [7, 11) is 0. The molecular formula is C12H7BrClFO2. The fourth-order valence-corrected chi connectivity index (χ4v) is 1.93. The van der Waals surface area contributed by atoms with E-state index in [9.17, 15) is 9.18 Å². The molecule has 0 amide bonds. The summed E-state index contributed by atoms with van der Waals surface area (Å²) in [5.74, 6) is -0.381. The Bertz CT molecular complexity index is 565. The number of rotatable bonds is 3. The average molecular weight is 318 g/mol. The van der Waals surface area contributed by atoms with Crippen molar-refractivity contribution in [2.24, 2.45) is 0 Å². The van der Waals surface area contributed by atoms with Gasteiger partial charge in [-0.15, -0.1) is 0 Å². The summed E-state index contributed by atoms with van der Waals surface area (Å²) in [5.41, 5.74) is 0.575. The molecule has 17 heavy (non-hydrogen) atoms. The van der Waals surface area contributed by atoms with Gasteiger partial charge < -0.3 is 4.42 Å². The van der Waals surface area contributed by atoms with E-state index in [1.807, 2.05) is 0 Å². The molecule has 2 rings (SSSR count). The Labute approximate surface area is 111 Å². The number of Topliss-reactive ketones (excluding diaryl/α,β-unsaturated/α-hetero) is 1. The Hall–Kier alpha value is -1.13. The number of halogens is 3. The number of furan rings is 1. The molecule has 0 aliphatic carbocycles. The van der Waals surface area contributed by atoms with E-state index < -0.39 is 5.82 Å². The molecule has 1 aromatic carbocycles. The van der Waals surface area contributed by atoms with Crippen LogP contribution in [-0.2, 0) is 6.42 Å². The number of ketones is 1. The minimum absolute atomic E-state index is 0.0824. The van der Waals surface area contributed by atoms with Crippen LogP contribution in [0.25, 0.3) is 0 Å². The van der Waals surface area contributed by atoms with E-state index in [1.54, 1.807) is 12.1 Å². The van der Waals surface area contributed by atoms with Gasteiger partial charge in [0.1, 0.15) is 5.82 Å². The highest BCUT2D eigenvalue weighted by Gasteiger charge is 2.13. The molecular weight excluding hydrogens is 310 g/mol. The number of carbonyl (C=O) groups is 1. The fourth-order valence-electron chi connectivity index (χ4n) is 1.39. The van der Waals surface area contributed by atoms with Crippen LogP contribution in [0, 0.1) is 5.82 Å². The molecule has 1 heterocycles. The minimum atomic E-state index is -0.424. The zero-order chi connectivity index (χ0) is 12.4. The second-order valence-electron chi connectivity index (χ2n) is 3.44. The van der Waals surface area contributed by atoms with Gasteiger partial charge in [0.05, 0.1) is 0 Å². The van der Waals surface area contributed by atoms with Crippen LogP contribution in [0.4, 0.5) is 4.39 Å². The largest absolute Gasteiger partial charge is 0.446 e. The van der Waals surface area contributed by atoms with Crippen LogP contribution < -0.4 is 0 Å². The van der Waals surface area contributed by atoms with Crippen molar-refractivity contribution in [3.05, 3.63) is 57.2 Å². The van der Waals surface area contributed by atoms with Crippen molar-refractivity contribution in [3.63, 3.8) is 0 Å². The highest BCUT2D eigenvalue weighted by Crippen LogP contribution is 2.21. The first-order chi connectivity index (χ1) is 8.06. The van der Waals surface area contributed by atoms with E-state index in [4.69, 9.17) is 16.0 Å². The van der Waals surface area contributed by atoms with Crippen LogP contribution in [-0.4, -0.2) is 5.78 Å². The number of benzene rings is 1. The topological polar surface area (TPSA) is 30.2 Å². The second-order valence-corrected chi connectivity index (χ2v) is 4.63. The van der Waals surface area contributed by atoms with Crippen LogP contribution in [0.1, 0.15) is 16.1 Å². The molecule has 2 aromatic rings. The second kappa shape index (κ2) is 5.02. The maximum atomic E-state index is 12.8. The lowest BCUT2D eigenvalue weighted by Gasteiger charge is -2.02. The van der Waals surface area contributed by atoms with Gasteiger partial charge in [0.15, 0.2) is 10.4 Å². The fraction of sp³-hybridized carbons (Fsp3) is 0.0833. The molecule has 0 spiro atoms. The Morgan fingerprint density at radius 3 is 2.71 bits per heavy atom. The molecule has 0 unspecified atom stereocenters. The summed E-state index contributed by atoms with van der Waals surface area (Å²) in [4.78, 5) is 11.8. The lowest BCUT2D eigenvalue weighted by Crippen LogP contribution is -2.02. The van der Waals surface area contributed by atoms with Crippen molar-refractivity contribution in [1.29, 1.82) is 0 Å². The molecule has 0 atom stereocenters. The van der Waals surface area contributed by atoms with Crippen molar-refractivity contribution in [2.45, 2.75) is 6.42 Å². The monoisotopic (exact) mass is 316 g/mol. The number of hydrogen-bond acceptors (Lipinski definition) is 2. The van der Waals surface area contributed by atoms with Gasteiger partial charge in [0.2, 0.25) is 5.78 Å². The van der Waals surface area contributed by atoms with Gasteiger partial charge in [0, 0.05) is 11.4 Å². The van der Waals surface area contributed by atoms with Gasteiger partial charge >= 0.3 is 0 Å². The van der Waals surface area contributed by atoms with E-state index in [1.165, 1.54) is 18.2 Å². The third-order valence-corrected chi connectivity index (χ3v) is 2.99. The molecule has 0 N–H and O–H groups in total. The highest BCUT2D eigenvalue weighted by atomic mass is 79.9. The van der Waals surface area contributed by atoms with E-state index in [0.717, 1.165) is 0 Å². The highest BCUT2D eigenvalue weighted by molar-refractivity contribution is 9.10. The van der Waals surface area contributed by atoms with Crippen molar-refractivity contribution in [1.82, 2.24) is 0 Å².